The zero-order valence-electron chi connectivity index (χ0n) is 23.3. The highest BCUT2D eigenvalue weighted by Crippen LogP contribution is 2.44. The molecule has 2 unspecified atom stereocenters. The molecule has 11 heteroatoms. The number of para-hydroxylation sites is 1. The lowest BCUT2D eigenvalue weighted by Gasteiger charge is -2.42. The van der Waals surface area contributed by atoms with Crippen LogP contribution >= 0.6 is 11.6 Å². The highest BCUT2D eigenvalue weighted by molar-refractivity contribution is 6.30. The first-order chi connectivity index (χ1) is 20.4. The summed E-state index contributed by atoms with van der Waals surface area (Å²) in [5, 5.41) is 10.2. The molecule has 2 fully saturated rings. The molecule has 7 rings (SSSR count). The number of carboxylic acids is 1. The van der Waals surface area contributed by atoms with Crippen LogP contribution in [-0.4, -0.2) is 75.5 Å². The number of piperazine rings is 1. The van der Waals surface area contributed by atoms with Gasteiger partial charge in [0.2, 0.25) is 0 Å². The van der Waals surface area contributed by atoms with Crippen LogP contribution in [0.1, 0.15) is 41.3 Å². The van der Waals surface area contributed by atoms with E-state index in [1.165, 1.54) is 6.07 Å². The van der Waals surface area contributed by atoms with E-state index in [9.17, 15) is 9.90 Å². The minimum atomic E-state index is -1.05. The summed E-state index contributed by atoms with van der Waals surface area (Å²) in [4.78, 5) is 25.7. The summed E-state index contributed by atoms with van der Waals surface area (Å²) in [6, 6.07) is 17.2. The first-order valence-electron chi connectivity index (χ1n) is 14.3. The van der Waals surface area contributed by atoms with Gasteiger partial charge in [-0.2, -0.15) is 0 Å². The predicted molar refractivity (Wildman–Crippen MR) is 158 cm³/mol. The molecule has 218 valence electrons. The van der Waals surface area contributed by atoms with Crippen LogP contribution in [0, 0.1) is 0 Å². The Hall–Kier alpha value is -3.86. The summed E-state index contributed by atoms with van der Waals surface area (Å²) in [5.74, 6) is 1.35. The van der Waals surface area contributed by atoms with Gasteiger partial charge in [0, 0.05) is 37.3 Å². The van der Waals surface area contributed by atoms with Gasteiger partial charge in [-0.05, 0) is 55.3 Å². The van der Waals surface area contributed by atoms with Gasteiger partial charge in [0.15, 0.2) is 28.9 Å². The van der Waals surface area contributed by atoms with Gasteiger partial charge in [0.1, 0.15) is 17.9 Å². The summed E-state index contributed by atoms with van der Waals surface area (Å²) in [6.07, 6.45) is 0.878. The minimum absolute atomic E-state index is 0.0172. The first-order valence-corrected chi connectivity index (χ1v) is 14.7. The van der Waals surface area contributed by atoms with Gasteiger partial charge in [0.05, 0.1) is 24.9 Å². The lowest BCUT2D eigenvalue weighted by atomic mass is 10.1. The van der Waals surface area contributed by atoms with E-state index in [1.54, 1.807) is 6.07 Å². The van der Waals surface area contributed by atoms with Crippen LogP contribution in [-0.2, 0) is 17.8 Å². The summed E-state index contributed by atoms with van der Waals surface area (Å²) < 4.78 is 20.4. The number of pyridine rings is 1. The molecule has 0 saturated carbocycles. The third kappa shape index (κ3) is 5.14. The Kier molecular flexibility index (Phi) is 7.13. The van der Waals surface area contributed by atoms with E-state index in [1.807, 2.05) is 41.0 Å². The maximum atomic E-state index is 11.6. The maximum Gasteiger partial charge on any atom is 0.354 e. The van der Waals surface area contributed by atoms with E-state index in [0.717, 1.165) is 61.2 Å². The van der Waals surface area contributed by atoms with Crippen molar-refractivity contribution in [3.8, 4) is 11.5 Å². The molecule has 1 N–H and O–H groups in total. The SMILES string of the molecule is C[C@H]1CN(c2cccc3c2OCC(c2ccc(Cl)cc2)O3)CCN1Cc1nc2ccc(C(=O)O)nc2n1CC1CCO1. The van der Waals surface area contributed by atoms with Crippen molar-refractivity contribution in [1.82, 2.24) is 19.4 Å². The normalized spacial score (nSPS) is 22.2. The van der Waals surface area contributed by atoms with Crippen molar-refractivity contribution in [2.45, 2.75) is 44.7 Å². The molecule has 3 atom stereocenters. The molecule has 42 heavy (non-hydrogen) atoms. The number of hydrogen-bond acceptors (Lipinski definition) is 8. The Balaban J connectivity index is 1.08. The third-order valence-electron chi connectivity index (χ3n) is 8.37. The van der Waals surface area contributed by atoms with Crippen LogP contribution in [0.15, 0.2) is 54.6 Å². The number of nitrogens with zero attached hydrogens (tertiary/aromatic N) is 5. The fraction of sp³-hybridized carbons (Fsp3) is 0.387. The number of hydrogen-bond donors (Lipinski definition) is 1. The zero-order chi connectivity index (χ0) is 28.8. The standard InChI is InChI=1S/C31H32ClN5O5/c1-19-15-36(25-3-2-4-26-29(25)41-18-27(42-26)20-5-7-21(32)8-6-20)13-12-35(19)17-28-33-23-9-10-24(31(38)39)34-30(23)37(28)16-22-11-14-40-22/h2-10,19,22,27H,11-18H2,1H3,(H,38,39)/t19-,22?,27?/m0/s1. The monoisotopic (exact) mass is 589 g/mol. The number of rotatable bonds is 7. The Bertz CT molecular complexity index is 1620. The summed E-state index contributed by atoms with van der Waals surface area (Å²) >= 11 is 6.06. The number of aromatic carboxylic acids is 1. The summed E-state index contributed by atoms with van der Waals surface area (Å²) in [7, 11) is 0. The Morgan fingerprint density at radius 2 is 1.93 bits per heavy atom. The van der Waals surface area contributed by atoms with E-state index in [2.05, 4.69) is 27.8 Å². The number of ether oxygens (including phenoxy) is 3. The zero-order valence-corrected chi connectivity index (χ0v) is 24.0. The second-order valence-electron chi connectivity index (χ2n) is 11.1. The van der Waals surface area contributed by atoms with Crippen molar-refractivity contribution < 1.29 is 24.1 Å². The van der Waals surface area contributed by atoms with Crippen LogP contribution in [0.2, 0.25) is 5.02 Å². The predicted octanol–water partition coefficient (Wildman–Crippen LogP) is 4.80. The van der Waals surface area contributed by atoms with E-state index in [4.69, 9.17) is 30.8 Å². The highest BCUT2D eigenvalue weighted by Gasteiger charge is 2.31. The van der Waals surface area contributed by atoms with E-state index in [0.29, 0.717) is 35.9 Å². The van der Waals surface area contributed by atoms with Crippen molar-refractivity contribution >= 4 is 34.4 Å². The van der Waals surface area contributed by atoms with Gasteiger partial charge in [-0.1, -0.05) is 29.8 Å². The second kappa shape index (κ2) is 11.1. The molecule has 5 heterocycles. The first kappa shape index (κ1) is 27.0. The van der Waals surface area contributed by atoms with Gasteiger partial charge in [-0.15, -0.1) is 0 Å². The number of carbonyl (C=O) groups is 1. The van der Waals surface area contributed by atoms with Gasteiger partial charge < -0.3 is 28.8 Å². The Labute approximate surface area is 248 Å². The van der Waals surface area contributed by atoms with Gasteiger partial charge in [0.25, 0.3) is 0 Å². The smallest absolute Gasteiger partial charge is 0.354 e. The average molecular weight is 590 g/mol. The molecule has 0 radical (unpaired) electrons. The molecular formula is C31H32ClN5O5. The lowest BCUT2D eigenvalue weighted by Crippen LogP contribution is -2.52. The van der Waals surface area contributed by atoms with Crippen LogP contribution in [0.3, 0.4) is 0 Å². The number of benzene rings is 2. The molecule has 3 aliphatic heterocycles. The lowest BCUT2D eigenvalue weighted by molar-refractivity contribution is -0.0593. The fourth-order valence-corrected chi connectivity index (χ4v) is 6.05. The fourth-order valence-electron chi connectivity index (χ4n) is 5.92. The van der Waals surface area contributed by atoms with Gasteiger partial charge in [-0.3, -0.25) is 4.90 Å². The molecule has 0 aliphatic carbocycles. The Morgan fingerprint density at radius 1 is 1.10 bits per heavy atom. The quantitative estimate of drug-likeness (QED) is 0.326. The molecule has 10 nitrogen and oxygen atoms in total. The largest absolute Gasteiger partial charge is 0.483 e. The van der Waals surface area contributed by atoms with Crippen molar-refractivity contribution in [2.24, 2.45) is 0 Å². The molecule has 2 aromatic heterocycles. The van der Waals surface area contributed by atoms with Crippen LogP contribution in [0.25, 0.3) is 11.2 Å². The van der Waals surface area contributed by atoms with Crippen molar-refractivity contribution in [3.63, 3.8) is 0 Å². The van der Waals surface area contributed by atoms with Crippen molar-refractivity contribution in [2.75, 3.05) is 37.7 Å². The molecule has 4 aromatic rings. The van der Waals surface area contributed by atoms with E-state index < -0.39 is 5.97 Å². The second-order valence-corrected chi connectivity index (χ2v) is 11.5. The van der Waals surface area contributed by atoms with Crippen molar-refractivity contribution in [3.05, 3.63) is 76.7 Å². The van der Waals surface area contributed by atoms with Gasteiger partial charge in [-0.25, -0.2) is 14.8 Å². The van der Waals surface area contributed by atoms with Gasteiger partial charge >= 0.3 is 5.97 Å². The van der Waals surface area contributed by atoms with Crippen LogP contribution in [0.4, 0.5) is 5.69 Å². The number of fused-ring (bicyclic) bond motifs is 2. The summed E-state index contributed by atoms with van der Waals surface area (Å²) in [5.41, 5.74) is 3.38. The van der Waals surface area contributed by atoms with Crippen LogP contribution < -0.4 is 14.4 Å². The molecule has 2 aromatic carbocycles. The number of halogens is 1. The van der Waals surface area contributed by atoms with E-state index >= 15 is 0 Å². The topological polar surface area (TPSA) is 102 Å². The van der Waals surface area contributed by atoms with Crippen LogP contribution in [0.5, 0.6) is 11.5 Å². The average Bonchev–Trinajstić information content (AvgIpc) is 3.31. The Morgan fingerprint density at radius 3 is 2.67 bits per heavy atom. The van der Waals surface area contributed by atoms with E-state index in [-0.39, 0.29) is 23.9 Å². The molecule has 0 bridgehead atoms. The molecule has 0 spiro atoms. The number of aromatic nitrogens is 3. The highest BCUT2D eigenvalue weighted by atomic mass is 35.5. The maximum absolute atomic E-state index is 11.6. The third-order valence-corrected chi connectivity index (χ3v) is 8.62. The molecule has 3 aliphatic rings. The number of carboxylic acid groups (broad SMARTS) is 1. The molecule has 0 amide bonds. The number of anilines is 1. The number of imidazole rings is 1. The van der Waals surface area contributed by atoms with Crippen molar-refractivity contribution in [1.29, 1.82) is 0 Å². The minimum Gasteiger partial charge on any atom is -0.483 e. The molecular weight excluding hydrogens is 558 g/mol. The summed E-state index contributed by atoms with van der Waals surface area (Å²) in [6.45, 7) is 7.11. The molecule has 2 saturated heterocycles.